The maximum atomic E-state index is 8.77. The molecule has 0 saturated carbocycles. The minimum absolute atomic E-state index is 0.462. The van der Waals surface area contributed by atoms with E-state index in [4.69, 9.17) is 2.74 Å². The molecule has 70 heavy (non-hydrogen) atoms. The summed E-state index contributed by atoms with van der Waals surface area (Å²) < 4.78 is 22.7. The minimum atomic E-state index is 0.462. The van der Waals surface area contributed by atoms with Gasteiger partial charge in [-0.1, -0.05) is 182 Å². The average molecular weight is 893 g/mol. The highest BCUT2D eigenvalue weighted by atomic mass is 15.2. The summed E-state index contributed by atoms with van der Waals surface area (Å²) in [7, 11) is 0. The van der Waals surface area contributed by atoms with E-state index in [2.05, 4.69) is 225 Å². The van der Waals surface area contributed by atoms with Crippen LogP contribution in [0, 0.1) is 0 Å². The van der Waals surface area contributed by atoms with E-state index in [-0.39, 0.29) is 0 Å². The van der Waals surface area contributed by atoms with E-state index in [0.717, 1.165) is 78.1 Å². The Balaban J connectivity index is 1.18. The van der Waals surface area contributed by atoms with Crippen LogP contribution in [0.15, 0.2) is 255 Å². The fourth-order valence-electron chi connectivity index (χ4n) is 11.9. The molecule has 15 rings (SSSR count). The molecule has 0 aliphatic rings. The van der Waals surface area contributed by atoms with Gasteiger partial charge >= 0.3 is 0 Å². The lowest BCUT2D eigenvalue weighted by Crippen LogP contribution is -2.10. The molecular formula is C66H42N4. The molecule has 0 aliphatic heterocycles. The number of benzene rings is 11. The second-order valence-electron chi connectivity index (χ2n) is 18.2. The van der Waals surface area contributed by atoms with Gasteiger partial charge in [-0.15, -0.1) is 0 Å². The summed E-state index contributed by atoms with van der Waals surface area (Å²) in [5.41, 5.74) is 17.6. The lowest BCUT2D eigenvalue weighted by Gasteiger charge is -2.26. The summed E-state index contributed by atoms with van der Waals surface area (Å²) in [6, 6.07) is 87.0. The molecule has 4 aromatic heterocycles. The van der Waals surface area contributed by atoms with Crippen molar-refractivity contribution >= 4 is 110 Å². The fraction of sp³-hybridized carbons (Fsp3) is 0. The highest BCUT2D eigenvalue weighted by Crippen LogP contribution is 2.57. The predicted molar refractivity (Wildman–Crippen MR) is 296 cm³/mol. The predicted octanol–water partition coefficient (Wildman–Crippen LogP) is 18.3. The van der Waals surface area contributed by atoms with Crippen molar-refractivity contribution in [3.63, 3.8) is 0 Å². The van der Waals surface area contributed by atoms with Crippen LogP contribution in [0.3, 0.4) is 0 Å². The summed E-state index contributed by atoms with van der Waals surface area (Å²) in [6.45, 7) is 0. The standard InChI is InChI=1S/C66H42N4/c1-7-23-43(24-8-1)57-61-51-39-41-55(67(45-27-11-3-12-28-45)46-29-13-4-14-30-46)59-50-36-20-22-38-54(50)70(63(51)59)66(61)58(44-25-9-2-10-26-44)62-52-40-42-56(60-49-35-19-21-37-53(49)69(64(52)60)65(57)62)68(47-31-15-5-16-32-47)48-33-17-6-18-34-48/h1-42H/i11D,15D. The third-order valence-corrected chi connectivity index (χ3v) is 14.6. The molecular weight excluding hydrogens is 849 g/mol. The molecule has 0 bridgehead atoms. The first-order valence-electron chi connectivity index (χ1n) is 24.9. The molecule has 15 aromatic rings. The first kappa shape index (κ1) is 36.7. The van der Waals surface area contributed by atoms with Crippen molar-refractivity contribution in [1.29, 1.82) is 0 Å². The fourth-order valence-corrected chi connectivity index (χ4v) is 11.9. The summed E-state index contributed by atoms with van der Waals surface area (Å²) in [5.74, 6) is 0. The SMILES string of the molecule is [2H]c1cccc(N(c2ccccc2)c2ccc3c4c(-c5ccccc5)c5c(c(-c6ccccc6)c4n4c6ccccc6c2c34)c2ccc(N(c3ccccc3)c3cccc([2H])c3)c3c4ccccc4n5c23)c1. The van der Waals surface area contributed by atoms with Crippen molar-refractivity contribution in [3.05, 3.63) is 255 Å². The van der Waals surface area contributed by atoms with E-state index in [0.29, 0.717) is 12.1 Å². The molecule has 0 radical (unpaired) electrons. The van der Waals surface area contributed by atoms with Gasteiger partial charge in [-0.2, -0.15) is 0 Å². The zero-order valence-corrected chi connectivity index (χ0v) is 37.9. The van der Waals surface area contributed by atoms with Crippen LogP contribution in [0.25, 0.3) is 98.4 Å². The minimum Gasteiger partial charge on any atom is -0.310 e. The normalized spacial score (nSPS) is 12.4. The monoisotopic (exact) mass is 892 g/mol. The molecule has 0 unspecified atom stereocenters. The van der Waals surface area contributed by atoms with Crippen LogP contribution in [-0.2, 0) is 0 Å². The molecule has 11 aromatic carbocycles. The number of rotatable bonds is 8. The number of fused-ring (bicyclic) bond motifs is 12. The second-order valence-corrected chi connectivity index (χ2v) is 18.2. The van der Waals surface area contributed by atoms with Crippen LogP contribution >= 0.6 is 0 Å². The van der Waals surface area contributed by atoms with Gasteiger partial charge in [-0.25, -0.2) is 0 Å². The van der Waals surface area contributed by atoms with Gasteiger partial charge in [0.1, 0.15) is 0 Å². The number of nitrogens with zero attached hydrogens (tertiary/aromatic N) is 4. The van der Waals surface area contributed by atoms with Crippen LogP contribution in [0.1, 0.15) is 2.74 Å². The van der Waals surface area contributed by atoms with Crippen LogP contribution in [0.5, 0.6) is 0 Å². The summed E-state index contributed by atoms with van der Waals surface area (Å²) >= 11 is 0. The number of para-hydroxylation sites is 6. The quantitative estimate of drug-likeness (QED) is 0.151. The van der Waals surface area contributed by atoms with Crippen molar-refractivity contribution in [1.82, 2.24) is 8.80 Å². The Bertz CT molecular complexity index is 4290. The number of aromatic nitrogens is 2. The van der Waals surface area contributed by atoms with Crippen LogP contribution in [0.4, 0.5) is 34.1 Å². The summed E-state index contributed by atoms with van der Waals surface area (Å²) in [4.78, 5) is 4.64. The Kier molecular flexibility index (Phi) is 7.90. The number of hydrogen-bond acceptors (Lipinski definition) is 2. The van der Waals surface area contributed by atoms with Gasteiger partial charge in [-0.3, -0.25) is 0 Å². The van der Waals surface area contributed by atoms with Crippen molar-refractivity contribution in [2.24, 2.45) is 0 Å². The number of anilines is 6. The van der Waals surface area contributed by atoms with Gasteiger partial charge < -0.3 is 18.6 Å². The van der Waals surface area contributed by atoms with E-state index in [1.54, 1.807) is 0 Å². The molecule has 0 amide bonds. The lowest BCUT2D eigenvalue weighted by atomic mass is 9.89. The first-order chi connectivity index (χ1) is 35.6. The summed E-state index contributed by atoms with van der Waals surface area (Å²) in [5, 5.41) is 9.41. The summed E-state index contributed by atoms with van der Waals surface area (Å²) in [6.07, 6.45) is 0. The van der Waals surface area contributed by atoms with Crippen molar-refractivity contribution < 1.29 is 2.74 Å². The van der Waals surface area contributed by atoms with E-state index in [9.17, 15) is 0 Å². The molecule has 0 saturated heterocycles. The topological polar surface area (TPSA) is 15.3 Å². The van der Waals surface area contributed by atoms with E-state index < -0.39 is 0 Å². The molecule has 4 heterocycles. The second kappa shape index (κ2) is 15.1. The van der Waals surface area contributed by atoms with E-state index >= 15 is 0 Å². The Labute approximate surface area is 406 Å². The van der Waals surface area contributed by atoms with Crippen molar-refractivity contribution in [3.8, 4) is 22.3 Å². The Morgan fingerprint density at radius 2 is 0.614 bits per heavy atom. The zero-order chi connectivity index (χ0) is 47.6. The maximum absolute atomic E-state index is 8.77. The molecule has 0 fully saturated rings. The Hall–Kier alpha value is -9.38. The van der Waals surface area contributed by atoms with Gasteiger partial charge in [0.15, 0.2) is 0 Å². The molecule has 4 heteroatoms. The third-order valence-electron chi connectivity index (χ3n) is 14.6. The smallest absolute Gasteiger partial charge is 0.0642 e. The van der Waals surface area contributed by atoms with E-state index in [1.807, 2.05) is 36.4 Å². The molecule has 0 aliphatic carbocycles. The Morgan fingerprint density at radius 3 is 1.01 bits per heavy atom. The maximum Gasteiger partial charge on any atom is 0.0642 e. The molecule has 0 spiro atoms. The lowest BCUT2D eigenvalue weighted by molar-refractivity contribution is 1.30. The van der Waals surface area contributed by atoms with Crippen LogP contribution in [0.2, 0.25) is 0 Å². The first-order valence-corrected chi connectivity index (χ1v) is 23.9. The highest BCUT2D eigenvalue weighted by molar-refractivity contribution is 6.39. The highest BCUT2D eigenvalue weighted by Gasteiger charge is 2.33. The van der Waals surface area contributed by atoms with Crippen molar-refractivity contribution in [2.45, 2.75) is 0 Å². The molecule has 4 nitrogen and oxygen atoms in total. The zero-order valence-electron chi connectivity index (χ0n) is 39.9. The van der Waals surface area contributed by atoms with Gasteiger partial charge in [0.05, 0.1) is 47.2 Å². The van der Waals surface area contributed by atoms with Gasteiger partial charge in [-0.05, 0) is 83.9 Å². The third kappa shape index (κ3) is 5.36. The average Bonchev–Trinajstić information content (AvgIpc) is 4.18. The van der Waals surface area contributed by atoms with Crippen LogP contribution in [-0.4, -0.2) is 8.80 Å². The van der Waals surface area contributed by atoms with Gasteiger partial charge in [0.2, 0.25) is 0 Å². The molecule has 0 atom stereocenters. The van der Waals surface area contributed by atoms with E-state index in [1.165, 1.54) is 54.5 Å². The van der Waals surface area contributed by atoms with Gasteiger partial charge in [0.25, 0.3) is 0 Å². The van der Waals surface area contributed by atoms with Crippen molar-refractivity contribution in [2.75, 3.05) is 9.80 Å². The Morgan fingerprint density at radius 1 is 0.271 bits per heavy atom. The molecule has 0 N–H and O–H groups in total. The number of hydrogen-bond donors (Lipinski definition) is 0. The van der Waals surface area contributed by atoms with Gasteiger partial charge in [0, 0.05) is 77.0 Å². The molecule has 326 valence electrons. The van der Waals surface area contributed by atoms with Crippen LogP contribution < -0.4 is 9.80 Å². The largest absolute Gasteiger partial charge is 0.310 e.